The molecule has 0 fully saturated rings. The molecule has 0 saturated heterocycles. The lowest BCUT2D eigenvalue weighted by Crippen LogP contribution is -2.13. The first-order valence-corrected chi connectivity index (χ1v) is 13.6. The number of benzene rings is 4. The van der Waals surface area contributed by atoms with Crippen LogP contribution in [0, 0.1) is 20.8 Å². The molecule has 0 N–H and O–H groups in total. The molecule has 0 aliphatic rings. The molecule has 3 nitrogen and oxygen atoms in total. The molecule has 0 spiro atoms. The van der Waals surface area contributed by atoms with Gasteiger partial charge in [0.15, 0.2) is 0 Å². The summed E-state index contributed by atoms with van der Waals surface area (Å²) in [7, 11) is 0. The molecule has 0 unspecified atom stereocenters. The van der Waals surface area contributed by atoms with Crippen molar-refractivity contribution in [2.24, 2.45) is 0 Å². The Balaban J connectivity index is 1.50. The molecule has 3 heteroatoms. The van der Waals surface area contributed by atoms with E-state index in [9.17, 15) is 0 Å². The van der Waals surface area contributed by atoms with Crippen LogP contribution in [0.15, 0.2) is 134 Å². The second-order valence-corrected chi connectivity index (χ2v) is 10.2. The van der Waals surface area contributed by atoms with Crippen molar-refractivity contribution in [2.75, 3.05) is 4.90 Å². The van der Waals surface area contributed by atoms with Crippen LogP contribution in [0.3, 0.4) is 0 Å². The van der Waals surface area contributed by atoms with E-state index in [-0.39, 0.29) is 0 Å². The second kappa shape index (κ2) is 11.0. The Bertz CT molecular complexity index is 1750. The normalized spacial score (nSPS) is 10.9. The molecule has 0 amide bonds. The summed E-state index contributed by atoms with van der Waals surface area (Å²) in [6.07, 6.45) is 3.74. The molecule has 40 heavy (non-hydrogen) atoms. The molecule has 0 atom stereocenters. The summed E-state index contributed by atoms with van der Waals surface area (Å²) in [4.78, 5) is 11.7. The van der Waals surface area contributed by atoms with Crippen molar-refractivity contribution in [3.05, 3.63) is 150 Å². The summed E-state index contributed by atoms with van der Waals surface area (Å²) in [5, 5.41) is 0. The number of hydrogen-bond donors (Lipinski definition) is 0. The average Bonchev–Trinajstić information content (AvgIpc) is 3.00. The van der Waals surface area contributed by atoms with Crippen LogP contribution in [0.25, 0.3) is 33.6 Å². The highest BCUT2D eigenvalue weighted by molar-refractivity contribution is 5.84. The van der Waals surface area contributed by atoms with Gasteiger partial charge in [0.1, 0.15) is 0 Å². The Labute approximate surface area is 236 Å². The van der Waals surface area contributed by atoms with Crippen LogP contribution in [-0.2, 0) is 0 Å². The fourth-order valence-electron chi connectivity index (χ4n) is 5.47. The van der Waals surface area contributed by atoms with Crippen molar-refractivity contribution in [2.45, 2.75) is 20.8 Å². The quantitative estimate of drug-likeness (QED) is 0.220. The Kier molecular flexibility index (Phi) is 6.95. The van der Waals surface area contributed by atoms with Gasteiger partial charge >= 0.3 is 0 Å². The number of aryl methyl sites for hydroxylation is 3. The van der Waals surface area contributed by atoms with Crippen LogP contribution in [0.5, 0.6) is 0 Å². The fraction of sp³-hybridized carbons (Fsp3) is 0.0811. The van der Waals surface area contributed by atoms with Gasteiger partial charge in [0.25, 0.3) is 0 Å². The summed E-state index contributed by atoms with van der Waals surface area (Å²) < 4.78 is 0. The van der Waals surface area contributed by atoms with E-state index in [1.165, 1.54) is 27.9 Å². The van der Waals surface area contributed by atoms with Gasteiger partial charge in [-0.2, -0.15) is 0 Å². The molecule has 0 radical (unpaired) electrons. The highest BCUT2D eigenvalue weighted by Crippen LogP contribution is 2.41. The molecular formula is C37H31N3. The Morgan fingerprint density at radius 1 is 0.450 bits per heavy atom. The minimum atomic E-state index is 0.947. The van der Waals surface area contributed by atoms with Crippen molar-refractivity contribution in [1.82, 2.24) is 9.97 Å². The maximum absolute atomic E-state index is 4.75. The molecule has 0 saturated carbocycles. The van der Waals surface area contributed by atoms with Gasteiger partial charge in [0.2, 0.25) is 0 Å². The zero-order valence-electron chi connectivity index (χ0n) is 23.0. The van der Waals surface area contributed by atoms with Crippen molar-refractivity contribution < 1.29 is 0 Å². The molecule has 2 aromatic heterocycles. The largest absolute Gasteiger partial charge is 0.310 e. The van der Waals surface area contributed by atoms with Crippen LogP contribution in [-0.4, -0.2) is 9.97 Å². The first-order chi connectivity index (χ1) is 19.6. The predicted octanol–water partition coefficient (Wildman–Crippen LogP) is 9.87. The minimum Gasteiger partial charge on any atom is -0.310 e. The molecule has 4 aromatic carbocycles. The summed E-state index contributed by atoms with van der Waals surface area (Å²) in [5.74, 6) is 0. The fourth-order valence-corrected chi connectivity index (χ4v) is 5.47. The monoisotopic (exact) mass is 517 g/mol. The highest BCUT2D eigenvalue weighted by atomic mass is 15.1. The van der Waals surface area contributed by atoms with E-state index in [0.717, 1.165) is 39.5 Å². The van der Waals surface area contributed by atoms with E-state index in [0.29, 0.717) is 0 Å². The third kappa shape index (κ3) is 5.14. The summed E-state index contributed by atoms with van der Waals surface area (Å²) in [6.45, 7) is 6.54. The lowest BCUT2D eigenvalue weighted by molar-refractivity contribution is 1.20. The number of aromatic nitrogens is 2. The molecule has 2 heterocycles. The van der Waals surface area contributed by atoms with Crippen LogP contribution >= 0.6 is 0 Å². The maximum Gasteiger partial charge on any atom is 0.0708 e. The Hall–Kier alpha value is -5.02. The van der Waals surface area contributed by atoms with E-state index in [1.807, 2.05) is 30.6 Å². The van der Waals surface area contributed by atoms with Crippen molar-refractivity contribution in [3.63, 3.8) is 0 Å². The first kappa shape index (κ1) is 25.3. The first-order valence-electron chi connectivity index (χ1n) is 13.6. The van der Waals surface area contributed by atoms with Crippen molar-refractivity contribution >= 4 is 17.1 Å². The van der Waals surface area contributed by atoms with E-state index < -0.39 is 0 Å². The summed E-state index contributed by atoms with van der Waals surface area (Å²) in [5.41, 5.74) is 13.5. The van der Waals surface area contributed by atoms with E-state index in [2.05, 4.69) is 134 Å². The van der Waals surface area contributed by atoms with E-state index in [1.54, 1.807) is 0 Å². The van der Waals surface area contributed by atoms with Gasteiger partial charge in [-0.3, -0.25) is 9.97 Å². The molecule has 6 rings (SSSR count). The lowest BCUT2D eigenvalue weighted by Gasteiger charge is -2.29. The molecule has 6 aromatic rings. The van der Waals surface area contributed by atoms with Crippen LogP contribution < -0.4 is 4.90 Å². The smallest absolute Gasteiger partial charge is 0.0708 e. The Morgan fingerprint density at radius 3 is 1.70 bits per heavy atom. The molecule has 0 aliphatic carbocycles. The third-order valence-corrected chi connectivity index (χ3v) is 7.19. The number of rotatable bonds is 6. The van der Waals surface area contributed by atoms with Crippen LogP contribution in [0.2, 0.25) is 0 Å². The lowest BCUT2D eigenvalue weighted by atomic mass is 10.0. The topological polar surface area (TPSA) is 29.0 Å². The second-order valence-electron chi connectivity index (χ2n) is 10.2. The van der Waals surface area contributed by atoms with Gasteiger partial charge in [-0.15, -0.1) is 0 Å². The van der Waals surface area contributed by atoms with Gasteiger partial charge in [-0.1, -0.05) is 78.4 Å². The molecule has 0 bridgehead atoms. The van der Waals surface area contributed by atoms with Gasteiger partial charge < -0.3 is 4.90 Å². The van der Waals surface area contributed by atoms with Crippen molar-refractivity contribution in [3.8, 4) is 33.6 Å². The van der Waals surface area contributed by atoms with E-state index >= 15 is 0 Å². The van der Waals surface area contributed by atoms with Crippen LogP contribution in [0.4, 0.5) is 17.1 Å². The zero-order chi connectivity index (χ0) is 27.5. The number of anilines is 3. The van der Waals surface area contributed by atoms with Gasteiger partial charge in [0.05, 0.1) is 17.1 Å². The van der Waals surface area contributed by atoms with Crippen LogP contribution in [0.1, 0.15) is 16.7 Å². The summed E-state index contributed by atoms with van der Waals surface area (Å²) in [6, 6.07) is 42.5. The standard InChI is InChI=1S/C37H31N3/c1-26-21-27(2)37(28(3)22-26)40(33-15-9-13-31(23-33)35-17-7-8-19-38-35)34-16-10-14-32(24-34)36-25-30(18-20-39-36)29-11-5-4-6-12-29/h4-25H,1-3H3. The van der Waals surface area contributed by atoms with Crippen molar-refractivity contribution in [1.29, 1.82) is 0 Å². The third-order valence-electron chi connectivity index (χ3n) is 7.19. The highest BCUT2D eigenvalue weighted by Gasteiger charge is 2.19. The van der Waals surface area contributed by atoms with Gasteiger partial charge in [0, 0.05) is 34.9 Å². The maximum atomic E-state index is 4.75. The number of nitrogens with zero attached hydrogens (tertiary/aromatic N) is 3. The van der Waals surface area contributed by atoms with Gasteiger partial charge in [-0.25, -0.2) is 0 Å². The molecule has 194 valence electrons. The predicted molar refractivity (Wildman–Crippen MR) is 167 cm³/mol. The minimum absolute atomic E-state index is 0.947. The molecule has 0 aliphatic heterocycles. The average molecular weight is 518 g/mol. The number of pyridine rings is 2. The Morgan fingerprint density at radius 2 is 1.05 bits per heavy atom. The zero-order valence-corrected chi connectivity index (χ0v) is 23.0. The number of hydrogen-bond acceptors (Lipinski definition) is 3. The summed E-state index contributed by atoms with van der Waals surface area (Å²) >= 11 is 0. The van der Waals surface area contributed by atoms with Gasteiger partial charge in [-0.05, 0) is 91.6 Å². The van der Waals surface area contributed by atoms with E-state index in [4.69, 9.17) is 4.98 Å². The molecular weight excluding hydrogens is 486 g/mol. The SMILES string of the molecule is Cc1cc(C)c(N(c2cccc(-c3ccccn3)c2)c2cccc(-c3cc(-c4ccccc4)ccn3)c2)c(C)c1.